The zero-order valence-electron chi connectivity index (χ0n) is 3.39. The van der Waals surface area contributed by atoms with Crippen molar-refractivity contribution in [2.75, 3.05) is 12.3 Å². The summed E-state index contributed by atoms with van der Waals surface area (Å²) < 4.78 is 0. The molecule has 0 fully saturated rings. The molecule has 0 nitrogen and oxygen atoms in total. The van der Waals surface area contributed by atoms with E-state index in [1.807, 2.05) is 0 Å². The standard InChI is InChI=1S/C4H6BrP/c5-6-3-1-2-4-6/h1-2H,3-4H2. The molecule has 0 spiro atoms. The zero-order chi connectivity index (χ0) is 4.41. The normalized spacial score (nSPS) is 22.8. The summed E-state index contributed by atoms with van der Waals surface area (Å²) in [6.07, 6.45) is 7.05. The van der Waals surface area contributed by atoms with Gasteiger partial charge in [0.05, 0.1) is 0 Å². The quantitative estimate of drug-likeness (QED) is 0.381. The molecule has 34 valence electrons. The van der Waals surface area contributed by atoms with Crippen LogP contribution in [-0.2, 0) is 0 Å². The first-order chi connectivity index (χ1) is 2.89. The topological polar surface area (TPSA) is 0 Å². The number of hydrogen-bond donors (Lipinski definition) is 0. The first kappa shape index (κ1) is 4.80. The maximum atomic E-state index is 3.54. The number of rotatable bonds is 0. The Morgan fingerprint density at radius 3 is 2.00 bits per heavy atom. The van der Waals surface area contributed by atoms with E-state index in [9.17, 15) is 0 Å². The number of hydrogen-bond acceptors (Lipinski definition) is 0. The molecule has 0 aromatic heterocycles. The van der Waals surface area contributed by atoms with Gasteiger partial charge in [0.1, 0.15) is 0 Å². The predicted octanol–water partition coefficient (Wildman–Crippen LogP) is 2.35. The highest BCUT2D eigenvalue weighted by Gasteiger charge is 2.01. The van der Waals surface area contributed by atoms with Crippen molar-refractivity contribution >= 4 is 22.1 Å². The van der Waals surface area contributed by atoms with Crippen LogP contribution in [0.1, 0.15) is 0 Å². The first-order valence-electron chi connectivity index (χ1n) is 1.95. The maximum Gasteiger partial charge on any atom is -0.00433 e. The summed E-state index contributed by atoms with van der Waals surface area (Å²) in [5, 5.41) is 0. The second-order valence-electron chi connectivity index (χ2n) is 1.30. The molecule has 6 heavy (non-hydrogen) atoms. The third-order valence-electron chi connectivity index (χ3n) is 0.774. The lowest BCUT2D eigenvalue weighted by Gasteiger charge is -1.90. The smallest absolute Gasteiger partial charge is 0.00433 e. The largest absolute Gasteiger partial charge is 0.0830 e. The van der Waals surface area contributed by atoms with Crippen molar-refractivity contribution in [3.8, 4) is 0 Å². The van der Waals surface area contributed by atoms with Gasteiger partial charge in [0.25, 0.3) is 0 Å². The van der Waals surface area contributed by atoms with E-state index in [4.69, 9.17) is 0 Å². The van der Waals surface area contributed by atoms with Gasteiger partial charge in [-0.25, -0.2) is 0 Å². The Balaban J connectivity index is 2.32. The monoisotopic (exact) mass is 164 g/mol. The fraction of sp³-hybridized carbons (Fsp3) is 0.500. The fourth-order valence-corrected chi connectivity index (χ4v) is 2.36. The zero-order valence-corrected chi connectivity index (χ0v) is 5.87. The van der Waals surface area contributed by atoms with Gasteiger partial charge in [-0.1, -0.05) is 27.6 Å². The van der Waals surface area contributed by atoms with Crippen molar-refractivity contribution < 1.29 is 0 Å². The lowest BCUT2D eigenvalue weighted by atomic mass is 10.6. The Kier molecular flexibility index (Phi) is 1.67. The molecule has 0 unspecified atom stereocenters. The van der Waals surface area contributed by atoms with Crippen LogP contribution in [0.15, 0.2) is 12.2 Å². The van der Waals surface area contributed by atoms with Gasteiger partial charge in [-0.15, -0.1) is 0 Å². The average Bonchev–Trinajstić information content (AvgIpc) is 1.86. The van der Waals surface area contributed by atoms with E-state index < -0.39 is 0 Å². The Morgan fingerprint density at radius 2 is 1.83 bits per heavy atom. The molecule has 0 saturated heterocycles. The molecule has 0 bridgehead atoms. The van der Waals surface area contributed by atoms with Crippen molar-refractivity contribution in [3.63, 3.8) is 0 Å². The maximum absolute atomic E-state index is 3.54. The predicted molar refractivity (Wildman–Crippen MR) is 34.7 cm³/mol. The molecule has 1 rings (SSSR count). The van der Waals surface area contributed by atoms with Crippen LogP contribution in [0.25, 0.3) is 0 Å². The van der Waals surface area contributed by atoms with Crippen molar-refractivity contribution in [1.29, 1.82) is 0 Å². The van der Waals surface area contributed by atoms with Gasteiger partial charge in [-0.2, -0.15) is 0 Å². The van der Waals surface area contributed by atoms with Crippen LogP contribution in [-0.4, -0.2) is 12.3 Å². The molecule has 0 N–H and O–H groups in total. The first-order valence-corrected chi connectivity index (χ1v) is 5.68. The van der Waals surface area contributed by atoms with Crippen LogP contribution in [0.5, 0.6) is 0 Å². The van der Waals surface area contributed by atoms with Crippen LogP contribution < -0.4 is 0 Å². The summed E-state index contributed by atoms with van der Waals surface area (Å²) in [6, 6.07) is 0. The van der Waals surface area contributed by atoms with E-state index >= 15 is 0 Å². The minimum Gasteiger partial charge on any atom is -0.0830 e. The van der Waals surface area contributed by atoms with Crippen molar-refractivity contribution in [3.05, 3.63) is 12.2 Å². The van der Waals surface area contributed by atoms with Gasteiger partial charge in [0.2, 0.25) is 0 Å². The van der Waals surface area contributed by atoms with Crippen LogP contribution in [0, 0.1) is 0 Å². The van der Waals surface area contributed by atoms with E-state index in [2.05, 4.69) is 27.6 Å². The van der Waals surface area contributed by atoms with Crippen LogP contribution in [0.4, 0.5) is 0 Å². The van der Waals surface area contributed by atoms with Crippen LogP contribution in [0.3, 0.4) is 0 Å². The summed E-state index contributed by atoms with van der Waals surface area (Å²) in [7, 11) is 0. The molecule has 1 heterocycles. The Bertz CT molecular complexity index is 61.9. The van der Waals surface area contributed by atoms with Gasteiger partial charge < -0.3 is 0 Å². The Morgan fingerprint density at radius 1 is 1.33 bits per heavy atom. The van der Waals surface area contributed by atoms with E-state index in [1.54, 1.807) is 0 Å². The van der Waals surface area contributed by atoms with Gasteiger partial charge in [-0.05, 0) is 18.9 Å². The molecule has 0 aromatic rings. The number of allylic oxidation sites excluding steroid dienone is 2. The molecular formula is C4H6BrP. The molecule has 0 radical (unpaired) electrons. The summed E-state index contributed by atoms with van der Waals surface area (Å²) in [6.45, 7) is 0.236. The minimum atomic E-state index is 0.236. The Hall–Kier alpha value is 0.650. The Labute approximate surface area is 47.1 Å². The highest BCUT2D eigenvalue weighted by Crippen LogP contribution is 2.46. The second-order valence-corrected chi connectivity index (χ2v) is 5.96. The molecule has 0 aliphatic carbocycles. The summed E-state index contributed by atoms with van der Waals surface area (Å²) in [4.78, 5) is 0. The third-order valence-corrected chi connectivity index (χ3v) is 3.73. The fourth-order valence-electron chi connectivity index (χ4n) is 0.452. The van der Waals surface area contributed by atoms with Gasteiger partial charge in [-0.3, -0.25) is 0 Å². The molecule has 0 aromatic carbocycles. The van der Waals surface area contributed by atoms with Crippen LogP contribution in [0.2, 0.25) is 0 Å². The molecule has 0 amide bonds. The van der Waals surface area contributed by atoms with E-state index in [0.717, 1.165) is 0 Å². The van der Waals surface area contributed by atoms with E-state index in [0.29, 0.717) is 0 Å². The highest BCUT2D eigenvalue weighted by atomic mass is 79.9. The highest BCUT2D eigenvalue weighted by molar-refractivity contribution is 9.39. The average molecular weight is 165 g/mol. The molecule has 1 aliphatic heterocycles. The SMILES string of the molecule is BrP1CC=CC1. The molecule has 0 saturated carbocycles. The third kappa shape index (κ3) is 1.06. The lowest BCUT2D eigenvalue weighted by Crippen LogP contribution is -1.59. The minimum absolute atomic E-state index is 0.236. The van der Waals surface area contributed by atoms with Gasteiger partial charge >= 0.3 is 0 Å². The van der Waals surface area contributed by atoms with Gasteiger partial charge in [0, 0.05) is 0 Å². The molecule has 2 heteroatoms. The summed E-state index contributed by atoms with van der Waals surface area (Å²) >= 11 is 3.54. The number of halogens is 1. The van der Waals surface area contributed by atoms with Crippen molar-refractivity contribution in [2.45, 2.75) is 0 Å². The molecular weight excluding hydrogens is 159 g/mol. The van der Waals surface area contributed by atoms with Crippen LogP contribution >= 0.6 is 22.1 Å². The van der Waals surface area contributed by atoms with E-state index in [1.165, 1.54) is 12.3 Å². The molecule has 0 atom stereocenters. The van der Waals surface area contributed by atoms with Gasteiger partial charge in [0.15, 0.2) is 0 Å². The molecule has 1 aliphatic rings. The van der Waals surface area contributed by atoms with Crippen molar-refractivity contribution in [1.82, 2.24) is 0 Å². The summed E-state index contributed by atoms with van der Waals surface area (Å²) in [5.74, 6) is 0. The van der Waals surface area contributed by atoms with E-state index in [-0.39, 0.29) is 6.62 Å². The lowest BCUT2D eigenvalue weighted by molar-refractivity contribution is 1.78. The summed E-state index contributed by atoms with van der Waals surface area (Å²) in [5.41, 5.74) is 0. The van der Waals surface area contributed by atoms with Crippen molar-refractivity contribution in [2.24, 2.45) is 0 Å². The second kappa shape index (κ2) is 2.09.